The van der Waals surface area contributed by atoms with Crippen LogP contribution in [0.2, 0.25) is 5.02 Å². The minimum atomic E-state index is -0.579. The average Bonchev–Trinajstić information content (AvgIpc) is 2.74. The van der Waals surface area contributed by atoms with E-state index in [-0.39, 0.29) is 0 Å². The highest BCUT2D eigenvalue weighted by Crippen LogP contribution is 2.26. The van der Waals surface area contributed by atoms with Crippen LogP contribution in [0.25, 0.3) is 0 Å². The molecule has 1 aromatic heterocycles. The zero-order chi connectivity index (χ0) is 13.8. The van der Waals surface area contributed by atoms with E-state index in [1.54, 1.807) is 6.20 Å². The number of aliphatic hydroxyl groups excluding tert-OH is 1. The minimum Gasteiger partial charge on any atom is -0.386 e. The fourth-order valence-electron chi connectivity index (χ4n) is 2.03. The van der Waals surface area contributed by atoms with Crippen LogP contribution < -0.4 is 0 Å². The van der Waals surface area contributed by atoms with Crippen LogP contribution in [0.3, 0.4) is 0 Å². The molecule has 1 N–H and O–H groups in total. The average molecular weight is 344 g/mol. The monoisotopic (exact) mass is 342 g/mol. The number of hydrogen-bond acceptors (Lipinski definition) is 2. The maximum Gasteiger partial charge on any atom is 0.101 e. The molecule has 1 atom stereocenters. The first-order chi connectivity index (χ1) is 9.11. The normalized spacial score (nSPS) is 12.6. The molecule has 2 aromatic rings. The number of rotatable bonds is 5. The van der Waals surface area contributed by atoms with Gasteiger partial charge < -0.3 is 5.11 Å². The lowest BCUT2D eigenvalue weighted by Crippen LogP contribution is -2.11. The van der Waals surface area contributed by atoms with Crippen LogP contribution in [0.4, 0.5) is 0 Å². The summed E-state index contributed by atoms with van der Waals surface area (Å²) in [5, 5.41) is 15.4. The van der Waals surface area contributed by atoms with E-state index < -0.39 is 6.10 Å². The first kappa shape index (κ1) is 14.6. The van der Waals surface area contributed by atoms with E-state index in [0.717, 1.165) is 28.7 Å². The van der Waals surface area contributed by atoms with Gasteiger partial charge in [-0.05, 0) is 40.0 Å². The summed E-state index contributed by atoms with van der Waals surface area (Å²) in [6.45, 7) is 2.89. The van der Waals surface area contributed by atoms with Gasteiger partial charge in [-0.25, -0.2) is 0 Å². The Kier molecular flexibility index (Phi) is 5.02. The molecule has 0 fully saturated rings. The van der Waals surface area contributed by atoms with E-state index in [1.165, 1.54) is 0 Å². The molecule has 2 rings (SSSR count). The van der Waals surface area contributed by atoms with Crippen LogP contribution in [0.1, 0.15) is 30.7 Å². The second-order valence-electron chi connectivity index (χ2n) is 4.45. The molecule has 0 amide bonds. The Hall–Kier alpha value is -0.840. The molecule has 0 bridgehead atoms. The van der Waals surface area contributed by atoms with Crippen LogP contribution in [-0.4, -0.2) is 14.9 Å². The van der Waals surface area contributed by atoms with Gasteiger partial charge in [0.2, 0.25) is 0 Å². The molecule has 1 heterocycles. The number of halogens is 2. The van der Waals surface area contributed by atoms with Crippen LogP contribution in [0.15, 0.2) is 34.9 Å². The molecule has 0 spiro atoms. The number of benzene rings is 1. The van der Waals surface area contributed by atoms with Gasteiger partial charge in [0.1, 0.15) is 6.10 Å². The lowest BCUT2D eigenvalue weighted by atomic mass is 10.1. The minimum absolute atomic E-state index is 0.547. The molecule has 19 heavy (non-hydrogen) atoms. The summed E-state index contributed by atoms with van der Waals surface area (Å²) >= 11 is 9.30. The van der Waals surface area contributed by atoms with Crippen molar-refractivity contribution in [3.8, 4) is 0 Å². The molecule has 0 radical (unpaired) electrons. The van der Waals surface area contributed by atoms with Crippen molar-refractivity contribution >= 4 is 27.5 Å². The van der Waals surface area contributed by atoms with Gasteiger partial charge in [-0.1, -0.05) is 30.7 Å². The summed E-state index contributed by atoms with van der Waals surface area (Å²) in [4.78, 5) is 0. The third-order valence-electron chi connectivity index (χ3n) is 2.93. The Labute approximate surface area is 126 Å². The fraction of sp³-hybridized carbons (Fsp3) is 0.357. The molecular formula is C14H16BrClN2O. The molecule has 5 heteroatoms. The van der Waals surface area contributed by atoms with Gasteiger partial charge in [-0.2, -0.15) is 5.10 Å². The number of aryl methyl sites for hydroxylation is 1. The van der Waals surface area contributed by atoms with E-state index in [2.05, 4.69) is 28.0 Å². The molecule has 0 aliphatic carbocycles. The molecule has 1 aromatic carbocycles. The topological polar surface area (TPSA) is 38.0 Å². The highest BCUT2D eigenvalue weighted by molar-refractivity contribution is 9.10. The van der Waals surface area contributed by atoms with Gasteiger partial charge >= 0.3 is 0 Å². The standard InChI is InChI=1S/C14H16BrClN2O/c1-2-7-18-14(12(15)9-17-18)13(19)8-10-3-5-11(16)6-4-10/h3-6,9,13,19H,2,7-8H2,1H3. The van der Waals surface area contributed by atoms with E-state index in [0.29, 0.717) is 11.4 Å². The van der Waals surface area contributed by atoms with Crippen molar-refractivity contribution in [2.45, 2.75) is 32.4 Å². The fourth-order valence-corrected chi connectivity index (χ4v) is 2.72. The van der Waals surface area contributed by atoms with Gasteiger partial charge in [0.05, 0.1) is 16.4 Å². The smallest absolute Gasteiger partial charge is 0.101 e. The Morgan fingerprint density at radius 1 is 1.37 bits per heavy atom. The lowest BCUT2D eigenvalue weighted by Gasteiger charge is -2.14. The van der Waals surface area contributed by atoms with Crippen molar-refractivity contribution in [1.82, 2.24) is 9.78 Å². The Bertz CT molecular complexity index is 539. The Balaban J connectivity index is 2.17. The maximum absolute atomic E-state index is 10.4. The second-order valence-corrected chi connectivity index (χ2v) is 5.74. The molecule has 3 nitrogen and oxygen atoms in total. The van der Waals surface area contributed by atoms with Crippen molar-refractivity contribution in [3.63, 3.8) is 0 Å². The first-order valence-corrected chi connectivity index (χ1v) is 7.42. The predicted octanol–water partition coefficient (Wildman–Crippen LogP) is 3.99. The molecular weight excluding hydrogens is 328 g/mol. The van der Waals surface area contributed by atoms with Crippen molar-refractivity contribution < 1.29 is 5.11 Å². The van der Waals surface area contributed by atoms with E-state index >= 15 is 0 Å². The maximum atomic E-state index is 10.4. The Morgan fingerprint density at radius 2 is 2.05 bits per heavy atom. The van der Waals surface area contributed by atoms with E-state index in [9.17, 15) is 5.11 Å². The molecule has 0 aliphatic heterocycles. The number of hydrogen-bond donors (Lipinski definition) is 1. The van der Waals surface area contributed by atoms with Crippen LogP contribution in [-0.2, 0) is 13.0 Å². The SMILES string of the molecule is CCCn1ncc(Br)c1C(O)Cc1ccc(Cl)cc1. The quantitative estimate of drug-likeness (QED) is 0.891. The third kappa shape index (κ3) is 3.59. The van der Waals surface area contributed by atoms with E-state index in [4.69, 9.17) is 11.6 Å². The van der Waals surface area contributed by atoms with Crippen molar-refractivity contribution in [3.05, 3.63) is 51.2 Å². The number of aromatic nitrogens is 2. The summed E-state index contributed by atoms with van der Waals surface area (Å²) in [5.41, 5.74) is 1.88. The van der Waals surface area contributed by atoms with Gasteiger partial charge in [0, 0.05) is 18.0 Å². The summed E-state index contributed by atoms with van der Waals surface area (Å²) in [6, 6.07) is 7.53. The second kappa shape index (κ2) is 6.55. The summed E-state index contributed by atoms with van der Waals surface area (Å²) < 4.78 is 2.70. The predicted molar refractivity (Wildman–Crippen MR) is 80.3 cm³/mol. The molecule has 0 saturated carbocycles. The lowest BCUT2D eigenvalue weighted by molar-refractivity contribution is 0.166. The molecule has 102 valence electrons. The van der Waals surface area contributed by atoms with Gasteiger partial charge in [0.15, 0.2) is 0 Å². The van der Waals surface area contributed by atoms with Gasteiger partial charge in [0.25, 0.3) is 0 Å². The van der Waals surface area contributed by atoms with Crippen LogP contribution in [0, 0.1) is 0 Å². The van der Waals surface area contributed by atoms with Gasteiger partial charge in [-0.15, -0.1) is 0 Å². The zero-order valence-corrected chi connectivity index (χ0v) is 13.0. The molecule has 0 saturated heterocycles. The number of aliphatic hydroxyl groups is 1. The Morgan fingerprint density at radius 3 is 2.68 bits per heavy atom. The highest BCUT2D eigenvalue weighted by Gasteiger charge is 2.17. The van der Waals surface area contributed by atoms with Crippen molar-refractivity contribution in [1.29, 1.82) is 0 Å². The largest absolute Gasteiger partial charge is 0.386 e. The van der Waals surface area contributed by atoms with Crippen LogP contribution in [0.5, 0.6) is 0 Å². The summed E-state index contributed by atoms with van der Waals surface area (Å²) in [5.74, 6) is 0. The number of nitrogens with zero attached hydrogens (tertiary/aromatic N) is 2. The van der Waals surface area contributed by atoms with Crippen molar-refractivity contribution in [2.24, 2.45) is 0 Å². The zero-order valence-electron chi connectivity index (χ0n) is 10.7. The van der Waals surface area contributed by atoms with E-state index in [1.807, 2.05) is 28.9 Å². The van der Waals surface area contributed by atoms with Crippen molar-refractivity contribution in [2.75, 3.05) is 0 Å². The summed E-state index contributed by atoms with van der Waals surface area (Å²) in [6.07, 6.45) is 2.68. The summed E-state index contributed by atoms with van der Waals surface area (Å²) in [7, 11) is 0. The highest BCUT2D eigenvalue weighted by atomic mass is 79.9. The molecule has 1 unspecified atom stereocenters. The first-order valence-electron chi connectivity index (χ1n) is 6.25. The van der Waals surface area contributed by atoms with Gasteiger partial charge in [-0.3, -0.25) is 4.68 Å². The molecule has 0 aliphatic rings. The van der Waals surface area contributed by atoms with Crippen LogP contribution >= 0.6 is 27.5 Å². The third-order valence-corrected chi connectivity index (χ3v) is 3.79.